The molecule has 2 saturated heterocycles. The van der Waals surface area contributed by atoms with Gasteiger partial charge in [0, 0.05) is 38.3 Å². The van der Waals surface area contributed by atoms with Crippen molar-refractivity contribution < 1.29 is 13.9 Å². The topological polar surface area (TPSA) is 99.4 Å². The van der Waals surface area contributed by atoms with E-state index in [-0.39, 0.29) is 34.9 Å². The Hall–Kier alpha value is -3.68. The van der Waals surface area contributed by atoms with E-state index in [9.17, 15) is 9.65 Å². The number of ether oxygens (including phenoxy) is 2. The maximum absolute atomic E-state index is 14.2. The van der Waals surface area contributed by atoms with Gasteiger partial charge in [0.15, 0.2) is 11.0 Å². The van der Waals surface area contributed by atoms with Crippen molar-refractivity contribution >= 4 is 23.2 Å². The van der Waals surface area contributed by atoms with Gasteiger partial charge in [-0.1, -0.05) is 29.8 Å². The zero-order valence-corrected chi connectivity index (χ0v) is 23.7. The first-order chi connectivity index (χ1) is 19.3. The Kier molecular flexibility index (Phi) is 8.24. The summed E-state index contributed by atoms with van der Waals surface area (Å²) in [6.45, 7) is 4.15. The zero-order valence-electron chi connectivity index (χ0n) is 22.9. The monoisotopic (exact) mass is 565 g/mol. The molecule has 2 aromatic heterocycles. The second-order valence-corrected chi connectivity index (χ2v) is 10.8. The molecule has 2 fully saturated rings. The average Bonchev–Trinajstić information content (AvgIpc) is 3.50. The van der Waals surface area contributed by atoms with Crippen LogP contribution in [0, 0.1) is 11.3 Å². The third-order valence-electron chi connectivity index (χ3n) is 7.99. The Balaban J connectivity index is 1.35. The van der Waals surface area contributed by atoms with E-state index >= 15 is 0 Å². The summed E-state index contributed by atoms with van der Waals surface area (Å²) in [6.07, 6.45) is 3.19. The Bertz CT molecular complexity index is 1390. The van der Waals surface area contributed by atoms with Crippen LogP contribution in [0.5, 0.6) is 11.8 Å². The van der Waals surface area contributed by atoms with Gasteiger partial charge in [-0.05, 0) is 50.1 Å². The van der Waals surface area contributed by atoms with E-state index in [1.165, 1.54) is 0 Å². The number of rotatable bonds is 10. The van der Waals surface area contributed by atoms with Crippen LogP contribution in [0.15, 0.2) is 42.6 Å². The molecule has 40 heavy (non-hydrogen) atoms. The Morgan fingerprint density at radius 3 is 2.85 bits per heavy atom. The predicted octanol–water partition coefficient (Wildman–Crippen LogP) is 5.17. The number of anilines is 2. The number of halogens is 2. The van der Waals surface area contributed by atoms with E-state index in [1.807, 2.05) is 55.3 Å². The number of hydrogen-bond donors (Lipinski definition) is 1. The fourth-order valence-electron chi connectivity index (χ4n) is 5.69. The number of aromatic nitrogens is 3. The molecule has 0 aliphatic carbocycles. The van der Waals surface area contributed by atoms with Gasteiger partial charge in [0.2, 0.25) is 0 Å². The highest BCUT2D eigenvalue weighted by Gasteiger charge is 2.49. The number of alkyl halides is 1. The molecule has 1 aromatic carbocycles. The number of nitriles is 1. The van der Waals surface area contributed by atoms with Crippen molar-refractivity contribution in [3.05, 3.63) is 64.4 Å². The Morgan fingerprint density at radius 2 is 2.10 bits per heavy atom. The SMILES string of the molecule is COc1ccc(CNc2ncccc2[C@@H](C)N(C)c2nc(OC[C@@]34CCCN3C[C@H](F)C4)nc(Cl)c2C#N)cc1. The summed E-state index contributed by atoms with van der Waals surface area (Å²) in [5.41, 5.74) is 1.81. The van der Waals surface area contributed by atoms with Gasteiger partial charge in [0.05, 0.1) is 18.7 Å². The van der Waals surface area contributed by atoms with Crippen LogP contribution < -0.4 is 19.7 Å². The molecule has 4 heterocycles. The molecule has 0 spiro atoms. The van der Waals surface area contributed by atoms with Crippen molar-refractivity contribution in [1.82, 2.24) is 19.9 Å². The quantitative estimate of drug-likeness (QED) is 0.334. The lowest BCUT2D eigenvalue weighted by Crippen LogP contribution is -2.43. The first-order valence-corrected chi connectivity index (χ1v) is 13.8. The van der Waals surface area contributed by atoms with Crippen molar-refractivity contribution in [2.24, 2.45) is 0 Å². The second kappa shape index (κ2) is 11.8. The Labute approximate surface area is 238 Å². The minimum absolute atomic E-state index is 0.0150. The summed E-state index contributed by atoms with van der Waals surface area (Å²) < 4.78 is 25.5. The minimum atomic E-state index is -0.857. The van der Waals surface area contributed by atoms with E-state index < -0.39 is 6.17 Å². The van der Waals surface area contributed by atoms with Gasteiger partial charge in [-0.25, -0.2) is 9.37 Å². The predicted molar refractivity (Wildman–Crippen MR) is 152 cm³/mol. The molecular formula is C29H33ClFN7O2. The maximum Gasteiger partial charge on any atom is 0.319 e. The fourth-order valence-corrected chi connectivity index (χ4v) is 5.89. The number of fused-ring (bicyclic) bond motifs is 1. The lowest BCUT2D eigenvalue weighted by atomic mass is 9.95. The molecule has 9 nitrogen and oxygen atoms in total. The van der Waals surface area contributed by atoms with Gasteiger partial charge >= 0.3 is 6.01 Å². The normalized spacial score (nSPS) is 20.9. The summed E-state index contributed by atoms with van der Waals surface area (Å²) >= 11 is 6.44. The van der Waals surface area contributed by atoms with Crippen LogP contribution in [-0.4, -0.2) is 65.4 Å². The van der Waals surface area contributed by atoms with Crippen LogP contribution >= 0.6 is 11.6 Å². The fraction of sp³-hybridized carbons (Fsp3) is 0.448. The molecule has 2 aliphatic heterocycles. The third-order valence-corrected chi connectivity index (χ3v) is 8.26. The number of nitrogens with zero attached hydrogens (tertiary/aromatic N) is 6. The number of hydrogen-bond acceptors (Lipinski definition) is 9. The molecule has 1 N–H and O–H groups in total. The van der Waals surface area contributed by atoms with Gasteiger partial charge in [-0.15, -0.1) is 0 Å². The number of methoxy groups -OCH3 is 1. The lowest BCUT2D eigenvalue weighted by Gasteiger charge is -2.31. The van der Waals surface area contributed by atoms with Crippen LogP contribution in [0.1, 0.15) is 48.9 Å². The van der Waals surface area contributed by atoms with Crippen LogP contribution in [0.4, 0.5) is 16.0 Å². The largest absolute Gasteiger partial charge is 0.497 e. The van der Waals surface area contributed by atoms with Gasteiger partial charge in [-0.3, -0.25) is 4.90 Å². The van der Waals surface area contributed by atoms with Gasteiger partial charge in [0.25, 0.3) is 0 Å². The van der Waals surface area contributed by atoms with Crippen LogP contribution in [0.3, 0.4) is 0 Å². The molecule has 5 rings (SSSR count). The molecule has 11 heteroatoms. The van der Waals surface area contributed by atoms with E-state index in [4.69, 9.17) is 21.1 Å². The van der Waals surface area contributed by atoms with Crippen molar-refractivity contribution in [3.63, 3.8) is 0 Å². The van der Waals surface area contributed by atoms with E-state index in [1.54, 1.807) is 13.3 Å². The molecule has 0 saturated carbocycles. The van der Waals surface area contributed by atoms with Crippen molar-refractivity contribution in [2.45, 2.75) is 50.5 Å². The average molecular weight is 566 g/mol. The number of nitrogens with one attached hydrogen (secondary N) is 1. The van der Waals surface area contributed by atoms with Crippen LogP contribution in [-0.2, 0) is 6.54 Å². The molecular weight excluding hydrogens is 533 g/mol. The first-order valence-electron chi connectivity index (χ1n) is 13.4. The minimum Gasteiger partial charge on any atom is -0.497 e. The summed E-state index contributed by atoms with van der Waals surface area (Å²) in [4.78, 5) is 17.4. The molecule has 0 bridgehead atoms. The smallest absolute Gasteiger partial charge is 0.319 e. The summed E-state index contributed by atoms with van der Waals surface area (Å²) in [6, 6.07) is 13.7. The molecule has 0 radical (unpaired) electrons. The van der Waals surface area contributed by atoms with Crippen LogP contribution in [0.2, 0.25) is 5.15 Å². The van der Waals surface area contributed by atoms with E-state index in [2.05, 4.69) is 31.2 Å². The zero-order chi connectivity index (χ0) is 28.3. The van der Waals surface area contributed by atoms with Crippen molar-refractivity contribution in [3.8, 4) is 17.8 Å². The molecule has 3 aromatic rings. The molecule has 210 valence electrons. The highest BCUT2D eigenvalue weighted by Crippen LogP contribution is 2.40. The van der Waals surface area contributed by atoms with Crippen LogP contribution in [0.25, 0.3) is 0 Å². The number of pyridine rings is 1. The standard InChI is InChI=1S/C29H33ClFN7O2/c1-19(23-6-4-12-33-26(23)34-16-20-7-9-22(39-3)10-8-20)37(2)27-24(15-32)25(30)35-28(36-27)40-18-29-11-5-13-38(29)17-21(31)14-29/h4,6-10,12,19,21H,5,11,13-14,16-18H2,1-3H3,(H,33,34)/t19-,21-,29+/m1/s1. The highest BCUT2D eigenvalue weighted by molar-refractivity contribution is 6.30. The maximum atomic E-state index is 14.2. The first kappa shape index (κ1) is 27.9. The summed E-state index contributed by atoms with van der Waals surface area (Å²) in [5, 5.41) is 13.3. The molecule has 2 aliphatic rings. The van der Waals surface area contributed by atoms with Gasteiger partial charge < -0.3 is 19.7 Å². The summed E-state index contributed by atoms with van der Waals surface area (Å²) in [5.74, 6) is 1.87. The highest BCUT2D eigenvalue weighted by atomic mass is 35.5. The number of benzene rings is 1. The van der Waals surface area contributed by atoms with Crippen molar-refractivity contribution in [2.75, 3.05) is 44.1 Å². The van der Waals surface area contributed by atoms with E-state index in [0.717, 1.165) is 42.1 Å². The summed E-state index contributed by atoms with van der Waals surface area (Å²) in [7, 11) is 3.48. The van der Waals surface area contributed by atoms with E-state index in [0.29, 0.717) is 25.3 Å². The Morgan fingerprint density at radius 1 is 1.30 bits per heavy atom. The van der Waals surface area contributed by atoms with Gasteiger partial charge in [0.1, 0.15) is 36.0 Å². The molecule has 3 atom stereocenters. The molecule has 0 unspecified atom stereocenters. The van der Waals surface area contributed by atoms with Crippen molar-refractivity contribution in [1.29, 1.82) is 5.26 Å². The second-order valence-electron chi connectivity index (χ2n) is 10.4. The van der Waals surface area contributed by atoms with Gasteiger partial charge in [-0.2, -0.15) is 15.2 Å². The molecule has 0 amide bonds. The lowest BCUT2D eigenvalue weighted by molar-refractivity contribution is 0.107. The third kappa shape index (κ3) is 5.62.